The fourth-order valence-corrected chi connectivity index (χ4v) is 11.3. The fourth-order valence-electron chi connectivity index (χ4n) is 5.53. The van der Waals surface area contributed by atoms with Crippen LogP contribution in [-0.2, 0) is 23.2 Å². The van der Waals surface area contributed by atoms with E-state index in [1.54, 1.807) is 6.08 Å². The van der Waals surface area contributed by atoms with Crippen LogP contribution in [0, 0.1) is 5.92 Å². The summed E-state index contributed by atoms with van der Waals surface area (Å²) in [4.78, 5) is 25.6. The lowest BCUT2D eigenvalue weighted by atomic mass is 9.96. The summed E-state index contributed by atoms with van der Waals surface area (Å²) in [7, 11) is -3.66. The van der Waals surface area contributed by atoms with Gasteiger partial charge in [-0.3, -0.25) is 4.79 Å². The molecule has 2 bridgehead atoms. The van der Waals surface area contributed by atoms with Gasteiger partial charge in [0.15, 0.2) is 22.4 Å². The maximum Gasteiger partial charge on any atom is 0.342 e. The van der Waals surface area contributed by atoms with Gasteiger partial charge in [0.2, 0.25) is 0 Å². The molecule has 4 atom stereocenters. The number of hydrogen-bond donors (Lipinski definition) is 0. The summed E-state index contributed by atoms with van der Waals surface area (Å²) in [5.41, 5.74) is 0.147. The van der Waals surface area contributed by atoms with Crippen molar-refractivity contribution in [1.82, 2.24) is 0 Å². The van der Waals surface area contributed by atoms with E-state index < -0.39 is 28.7 Å². The van der Waals surface area contributed by atoms with E-state index in [0.717, 1.165) is 49.1 Å². The fraction of sp³-hybridized carbons (Fsp3) is 0.677. The predicted molar refractivity (Wildman–Crippen MR) is 162 cm³/mol. The zero-order chi connectivity index (χ0) is 28.2. The molecule has 214 valence electrons. The molecule has 0 N–H and O–H groups in total. The molecule has 0 aromatic rings. The van der Waals surface area contributed by atoms with E-state index in [1.807, 2.05) is 12.2 Å². The van der Waals surface area contributed by atoms with Crippen LogP contribution >= 0.6 is 0 Å². The van der Waals surface area contributed by atoms with Crippen LogP contribution in [0.5, 0.6) is 0 Å². The van der Waals surface area contributed by atoms with Gasteiger partial charge in [-0.25, -0.2) is 4.79 Å². The number of carbonyl (C=O) groups excluding carboxylic acids is 2. The van der Waals surface area contributed by atoms with Gasteiger partial charge in [0, 0.05) is 12.8 Å². The summed E-state index contributed by atoms with van der Waals surface area (Å²) in [6.07, 6.45) is 15.9. The van der Waals surface area contributed by atoms with Gasteiger partial charge in [0.05, 0.1) is 12.2 Å². The average molecular weight is 561 g/mol. The molecule has 0 aromatic carbocycles. The first-order chi connectivity index (χ1) is 18.2. The van der Waals surface area contributed by atoms with Crippen molar-refractivity contribution in [2.24, 2.45) is 5.92 Å². The molecular weight excluding hydrogens is 509 g/mol. The molecular formula is C31H52O5Si2. The highest BCUT2D eigenvalue weighted by Gasteiger charge is 2.37. The third-order valence-electron chi connectivity index (χ3n) is 8.82. The van der Waals surface area contributed by atoms with Crippen molar-refractivity contribution < 1.29 is 23.2 Å². The first-order valence-electron chi connectivity index (χ1n) is 15.0. The number of rotatable bonds is 10. The van der Waals surface area contributed by atoms with Gasteiger partial charge < -0.3 is 13.6 Å². The first kappa shape index (κ1) is 32.7. The molecule has 7 heteroatoms. The Hall–Kier alpha value is -1.55. The standard InChI is InChI=1S/C31H52O5Si2/c1-8-37(9-2,10-3)35-26-20-15-14-16-22-30(36-38(11-4,12-5)13-6)25(7)19-17-18-21-28-29(32)24-27(23-26)34-31(28)33/h14-18,21-22,25-27,30H,8-13,19-20,23-24H2,1-7H3/b15-14+,18-17+,22-16-,28-21-/t25-,26+,27+,30+/m0/s1. The van der Waals surface area contributed by atoms with Gasteiger partial charge in [0.25, 0.3) is 0 Å². The Bertz CT molecular complexity index is 846. The second kappa shape index (κ2) is 15.9. The Balaban J connectivity index is 2.39. The highest BCUT2D eigenvalue weighted by Crippen LogP contribution is 2.30. The van der Waals surface area contributed by atoms with E-state index in [2.05, 4.69) is 72.8 Å². The highest BCUT2D eigenvalue weighted by atomic mass is 28.4. The van der Waals surface area contributed by atoms with Crippen molar-refractivity contribution in [3.63, 3.8) is 0 Å². The molecule has 1 fully saturated rings. The molecule has 1 saturated heterocycles. The molecule has 0 amide bonds. The van der Waals surface area contributed by atoms with Gasteiger partial charge in [-0.1, -0.05) is 84.9 Å². The zero-order valence-electron chi connectivity index (χ0n) is 25.0. The summed E-state index contributed by atoms with van der Waals surface area (Å²) in [6.45, 7) is 15.7. The molecule has 0 unspecified atom stereocenters. The normalized spacial score (nSPS) is 29.7. The number of hydrogen-bond acceptors (Lipinski definition) is 5. The lowest BCUT2D eigenvalue weighted by molar-refractivity contribution is -0.152. The van der Waals surface area contributed by atoms with Crippen molar-refractivity contribution in [3.8, 4) is 0 Å². The number of Topliss-reactive ketones (excluding diaryl/α,β-unsaturated/α-hetero) is 1. The quantitative estimate of drug-likeness (QED) is 0.154. The topological polar surface area (TPSA) is 61.8 Å². The molecule has 2 aliphatic heterocycles. The monoisotopic (exact) mass is 560 g/mol. The van der Waals surface area contributed by atoms with E-state index >= 15 is 0 Å². The number of carbonyl (C=O) groups is 2. The SMILES string of the molecule is CC[Si](CC)(CC)O[C@@H]1C/C=C/C=C\[C@@H](O[Si](CC)(CC)CC)[C@@H](C)C/C=C/C=C2/C(=O)C[C@@H](C1)OC2=O. The van der Waals surface area contributed by atoms with E-state index in [1.165, 1.54) is 0 Å². The van der Waals surface area contributed by atoms with Crippen LogP contribution in [0.4, 0.5) is 0 Å². The molecule has 3 aliphatic rings. The summed E-state index contributed by atoms with van der Waals surface area (Å²) < 4.78 is 19.5. The van der Waals surface area contributed by atoms with E-state index in [4.69, 9.17) is 13.6 Å². The van der Waals surface area contributed by atoms with Crippen LogP contribution in [0.25, 0.3) is 0 Å². The molecule has 3 rings (SSSR count). The minimum Gasteiger partial charge on any atom is -0.458 e. The van der Waals surface area contributed by atoms with Gasteiger partial charge >= 0.3 is 5.97 Å². The van der Waals surface area contributed by atoms with Crippen molar-refractivity contribution in [2.45, 2.75) is 129 Å². The minimum absolute atomic E-state index is 0.0222. The number of ketones is 1. The van der Waals surface area contributed by atoms with Crippen LogP contribution in [0.1, 0.15) is 74.1 Å². The van der Waals surface area contributed by atoms with Crippen LogP contribution in [0.15, 0.2) is 48.1 Å². The van der Waals surface area contributed by atoms with Crippen molar-refractivity contribution in [2.75, 3.05) is 0 Å². The smallest absolute Gasteiger partial charge is 0.342 e. The average Bonchev–Trinajstić information content (AvgIpc) is 2.92. The van der Waals surface area contributed by atoms with Gasteiger partial charge in [-0.05, 0) is 61.1 Å². The van der Waals surface area contributed by atoms with Crippen molar-refractivity contribution in [3.05, 3.63) is 48.1 Å². The summed E-state index contributed by atoms with van der Waals surface area (Å²) in [6, 6.07) is 6.48. The van der Waals surface area contributed by atoms with Crippen LogP contribution in [0.2, 0.25) is 36.3 Å². The number of esters is 1. The highest BCUT2D eigenvalue weighted by molar-refractivity contribution is 6.74. The molecule has 38 heavy (non-hydrogen) atoms. The van der Waals surface area contributed by atoms with Gasteiger partial charge in [-0.2, -0.15) is 0 Å². The molecule has 2 heterocycles. The number of ether oxygens (including phenoxy) is 1. The maximum absolute atomic E-state index is 12.9. The van der Waals surface area contributed by atoms with Crippen molar-refractivity contribution >= 4 is 28.4 Å². The second-order valence-corrected chi connectivity index (χ2v) is 20.4. The maximum atomic E-state index is 12.9. The van der Waals surface area contributed by atoms with Crippen LogP contribution < -0.4 is 0 Å². The Morgan fingerprint density at radius 1 is 0.816 bits per heavy atom. The molecule has 0 saturated carbocycles. The third-order valence-corrected chi connectivity index (χ3v) is 18.2. The first-order valence-corrected chi connectivity index (χ1v) is 20.1. The van der Waals surface area contributed by atoms with Crippen LogP contribution in [-0.4, -0.2) is 46.7 Å². The predicted octanol–water partition coefficient (Wildman–Crippen LogP) is 8.07. The summed E-state index contributed by atoms with van der Waals surface area (Å²) >= 11 is 0. The molecule has 0 spiro atoms. The van der Waals surface area contributed by atoms with Crippen LogP contribution in [0.3, 0.4) is 0 Å². The Morgan fingerprint density at radius 3 is 1.97 bits per heavy atom. The molecule has 0 aromatic heterocycles. The van der Waals surface area contributed by atoms with E-state index in [0.29, 0.717) is 6.42 Å². The van der Waals surface area contributed by atoms with E-state index in [9.17, 15) is 9.59 Å². The van der Waals surface area contributed by atoms with Gasteiger partial charge in [-0.15, -0.1) is 0 Å². The number of allylic oxidation sites excluding steroid dienone is 5. The summed E-state index contributed by atoms with van der Waals surface area (Å²) in [5.74, 6) is -0.388. The zero-order valence-corrected chi connectivity index (χ0v) is 27.0. The minimum atomic E-state index is -1.87. The van der Waals surface area contributed by atoms with Crippen molar-refractivity contribution in [1.29, 1.82) is 0 Å². The Kier molecular flexibility index (Phi) is 13.7. The van der Waals surface area contributed by atoms with E-state index in [-0.39, 0.29) is 35.9 Å². The molecule has 0 radical (unpaired) electrons. The summed E-state index contributed by atoms with van der Waals surface area (Å²) in [5, 5.41) is 0. The van der Waals surface area contributed by atoms with Gasteiger partial charge in [0.1, 0.15) is 11.7 Å². The lowest BCUT2D eigenvalue weighted by Gasteiger charge is -2.35. The number of fused-ring (bicyclic) bond motifs is 11. The third kappa shape index (κ3) is 9.00. The lowest BCUT2D eigenvalue weighted by Crippen LogP contribution is -2.42. The second-order valence-electron chi connectivity index (χ2n) is 11.0. The molecule has 1 aliphatic carbocycles. The largest absolute Gasteiger partial charge is 0.458 e. The molecule has 5 nitrogen and oxygen atoms in total. The Morgan fingerprint density at radius 2 is 1.39 bits per heavy atom. The Labute approximate surface area is 234 Å².